The van der Waals surface area contributed by atoms with Crippen molar-refractivity contribution in [1.29, 1.82) is 0 Å². The van der Waals surface area contributed by atoms with Gasteiger partial charge < -0.3 is 15.2 Å². The molecule has 2 rings (SSSR count). The smallest absolute Gasteiger partial charge is 0.330 e. The van der Waals surface area contributed by atoms with Crippen LogP contribution in [0.25, 0.3) is 0 Å². The predicted octanol–water partition coefficient (Wildman–Crippen LogP) is 3.34. The minimum atomic E-state index is 0.0348. The number of aryl methyl sites for hydroxylation is 1. The minimum Gasteiger partial charge on any atom is -0.467 e. The second-order valence-corrected chi connectivity index (χ2v) is 5.27. The summed E-state index contributed by atoms with van der Waals surface area (Å²) in [5.74, 6) is 0.932. The largest absolute Gasteiger partial charge is 0.467 e. The summed E-state index contributed by atoms with van der Waals surface area (Å²) in [6.07, 6.45) is 0. The van der Waals surface area contributed by atoms with Crippen LogP contribution in [0.15, 0.2) is 12.1 Å². The van der Waals surface area contributed by atoms with E-state index in [0.29, 0.717) is 10.8 Å². The van der Waals surface area contributed by atoms with Crippen LogP contribution in [-0.2, 0) is 0 Å². The first-order chi connectivity index (χ1) is 9.90. The molecule has 0 unspecified atom stereocenters. The zero-order valence-corrected chi connectivity index (χ0v) is 13.1. The third kappa shape index (κ3) is 3.52. The van der Waals surface area contributed by atoms with Gasteiger partial charge >= 0.3 is 12.0 Å². The molecule has 0 radical (unpaired) electrons. The SMILES string of the molecule is COc1nc(N)nc(Oc2cc(C(C)C)c(Cl)cc2C)n1. The van der Waals surface area contributed by atoms with Crippen molar-refractivity contribution in [2.24, 2.45) is 0 Å². The zero-order valence-electron chi connectivity index (χ0n) is 12.3. The second-order valence-electron chi connectivity index (χ2n) is 4.86. The van der Waals surface area contributed by atoms with Gasteiger partial charge in [0.15, 0.2) is 0 Å². The fourth-order valence-electron chi connectivity index (χ4n) is 1.81. The molecule has 0 spiro atoms. The number of hydrogen-bond acceptors (Lipinski definition) is 6. The molecule has 0 bridgehead atoms. The number of hydrogen-bond donors (Lipinski definition) is 1. The summed E-state index contributed by atoms with van der Waals surface area (Å²) in [5.41, 5.74) is 7.45. The Balaban J connectivity index is 2.39. The summed E-state index contributed by atoms with van der Waals surface area (Å²) in [5, 5.41) is 0.711. The van der Waals surface area contributed by atoms with E-state index in [1.165, 1.54) is 7.11 Å². The molecule has 1 aromatic heterocycles. The average molecular weight is 309 g/mol. The van der Waals surface area contributed by atoms with Gasteiger partial charge in [0.25, 0.3) is 0 Å². The summed E-state index contributed by atoms with van der Waals surface area (Å²) < 4.78 is 10.6. The lowest BCUT2D eigenvalue weighted by Gasteiger charge is -2.13. The number of nitrogens with zero attached hydrogens (tertiary/aromatic N) is 3. The van der Waals surface area contributed by atoms with Crippen molar-refractivity contribution in [3.05, 3.63) is 28.3 Å². The average Bonchev–Trinajstić information content (AvgIpc) is 2.40. The van der Waals surface area contributed by atoms with Gasteiger partial charge in [0.05, 0.1) is 7.11 Å². The Morgan fingerprint density at radius 2 is 1.81 bits per heavy atom. The molecule has 0 aliphatic heterocycles. The number of aromatic nitrogens is 3. The molecular formula is C14H17ClN4O2. The second kappa shape index (κ2) is 6.13. The highest BCUT2D eigenvalue weighted by Crippen LogP contribution is 2.33. The highest BCUT2D eigenvalue weighted by atomic mass is 35.5. The Kier molecular flexibility index (Phi) is 4.47. The van der Waals surface area contributed by atoms with Gasteiger partial charge in [0.2, 0.25) is 5.95 Å². The molecule has 1 heterocycles. The maximum Gasteiger partial charge on any atom is 0.330 e. The molecule has 21 heavy (non-hydrogen) atoms. The molecule has 1 aromatic carbocycles. The maximum absolute atomic E-state index is 6.24. The van der Waals surface area contributed by atoms with Gasteiger partial charge in [-0.2, -0.15) is 9.97 Å². The van der Waals surface area contributed by atoms with Crippen LogP contribution in [-0.4, -0.2) is 22.1 Å². The van der Waals surface area contributed by atoms with Crippen LogP contribution in [0.2, 0.25) is 5.02 Å². The molecule has 7 heteroatoms. The molecule has 0 fully saturated rings. The van der Waals surface area contributed by atoms with E-state index in [1.807, 2.05) is 19.1 Å². The van der Waals surface area contributed by atoms with Crippen molar-refractivity contribution in [3.8, 4) is 17.8 Å². The molecule has 6 nitrogen and oxygen atoms in total. The number of ether oxygens (including phenoxy) is 2. The number of nitrogen functional groups attached to an aromatic ring is 1. The number of benzene rings is 1. The monoisotopic (exact) mass is 308 g/mol. The first-order valence-electron chi connectivity index (χ1n) is 6.44. The normalized spacial score (nSPS) is 10.8. The Bertz CT molecular complexity index is 662. The summed E-state index contributed by atoms with van der Waals surface area (Å²) in [7, 11) is 1.45. The Morgan fingerprint density at radius 1 is 1.14 bits per heavy atom. The molecule has 112 valence electrons. The van der Waals surface area contributed by atoms with E-state index < -0.39 is 0 Å². The van der Waals surface area contributed by atoms with Crippen molar-refractivity contribution in [3.63, 3.8) is 0 Å². The minimum absolute atomic E-state index is 0.0348. The molecular weight excluding hydrogens is 292 g/mol. The molecule has 0 aliphatic carbocycles. The van der Waals surface area contributed by atoms with Gasteiger partial charge in [-0.15, -0.1) is 4.98 Å². The third-order valence-electron chi connectivity index (χ3n) is 2.91. The lowest BCUT2D eigenvalue weighted by Crippen LogP contribution is -2.03. The number of nitrogens with two attached hydrogens (primary N) is 1. The van der Waals surface area contributed by atoms with E-state index in [-0.39, 0.29) is 23.9 Å². The molecule has 0 saturated heterocycles. The Morgan fingerprint density at radius 3 is 2.43 bits per heavy atom. The van der Waals surface area contributed by atoms with E-state index in [2.05, 4.69) is 28.8 Å². The van der Waals surface area contributed by atoms with Crippen LogP contribution in [0.1, 0.15) is 30.9 Å². The van der Waals surface area contributed by atoms with Crippen LogP contribution in [0, 0.1) is 6.92 Å². The summed E-state index contributed by atoms with van der Waals surface area (Å²) in [6, 6.07) is 3.93. The van der Waals surface area contributed by atoms with Crippen LogP contribution in [0.3, 0.4) is 0 Å². The van der Waals surface area contributed by atoms with Gasteiger partial charge in [-0.1, -0.05) is 25.4 Å². The van der Waals surface area contributed by atoms with Crippen LogP contribution >= 0.6 is 11.6 Å². The van der Waals surface area contributed by atoms with Crippen molar-refractivity contribution >= 4 is 17.5 Å². The van der Waals surface area contributed by atoms with E-state index in [0.717, 1.165) is 11.1 Å². The number of methoxy groups -OCH3 is 1. The van der Waals surface area contributed by atoms with E-state index in [1.54, 1.807) is 0 Å². The predicted molar refractivity (Wildman–Crippen MR) is 81.1 cm³/mol. The highest BCUT2D eigenvalue weighted by molar-refractivity contribution is 6.31. The number of halogens is 1. The molecule has 2 aromatic rings. The Hall–Kier alpha value is -2.08. The first kappa shape index (κ1) is 15.3. The van der Waals surface area contributed by atoms with Gasteiger partial charge in [-0.05, 0) is 36.1 Å². The van der Waals surface area contributed by atoms with Gasteiger partial charge in [-0.25, -0.2) is 0 Å². The van der Waals surface area contributed by atoms with Crippen LogP contribution < -0.4 is 15.2 Å². The third-order valence-corrected chi connectivity index (χ3v) is 3.24. The van der Waals surface area contributed by atoms with Crippen molar-refractivity contribution in [2.75, 3.05) is 12.8 Å². The van der Waals surface area contributed by atoms with Crippen LogP contribution in [0.4, 0.5) is 5.95 Å². The van der Waals surface area contributed by atoms with Gasteiger partial charge in [0.1, 0.15) is 5.75 Å². The van der Waals surface area contributed by atoms with E-state index in [4.69, 9.17) is 26.8 Å². The van der Waals surface area contributed by atoms with Crippen molar-refractivity contribution < 1.29 is 9.47 Å². The zero-order chi connectivity index (χ0) is 15.6. The molecule has 0 saturated carbocycles. The standard InChI is InChI=1S/C14H17ClN4O2/c1-7(2)9-6-11(8(3)5-10(9)15)21-14-18-12(16)17-13(19-14)20-4/h5-7H,1-4H3,(H2,16,17,18,19). The number of anilines is 1. The molecule has 2 N–H and O–H groups in total. The highest BCUT2D eigenvalue weighted by Gasteiger charge is 2.13. The van der Waals surface area contributed by atoms with Crippen molar-refractivity contribution in [2.45, 2.75) is 26.7 Å². The summed E-state index contributed by atoms with van der Waals surface area (Å²) in [6.45, 7) is 6.02. The topological polar surface area (TPSA) is 83.2 Å². The molecule has 0 aliphatic rings. The fraction of sp³-hybridized carbons (Fsp3) is 0.357. The lowest BCUT2D eigenvalue weighted by atomic mass is 10.0. The lowest BCUT2D eigenvalue weighted by molar-refractivity contribution is 0.360. The van der Waals surface area contributed by atoms with Crippen molar-refractivity contribution in [1.82, 2.24) is 15.0 Å². The molecule has 0 atom stereocenters. The fourth-order valence-corrected chi connectivity index (χ4v) is 2.25. The van der Waals surface area contributed by atoms with E-state index >= 15 is 0 Å². The van der Waals surface area contributed by atoms with Gasteiger partial charge in [0, 0.05) is 5.02 Å². The number of rotatable bonds is 4. The van der Waals surface area contributed by atoms with Crippen LogP contribution in [0.5, 0.6) is 17.8 Å². The first-order valence-corrected chi connectivity index (χ1v) is 6.82. The molecule has 0 amide bonds. The summed E-state index contributed by atoms with van der Waals surface area (Å²) in [4.78, 5) is 11.7. The quantitative estimate of drug-likeness (QED) is 0.932. The maximum atomic E-state index is 6.24. The van der Waals surface area contributed by atoms with Gasteiger partial charge in [-0.3, -0.25) is 0 Å². The Labute approximate surface area is 128 Å². The van der Waals surface area contributed by atoms with E-state index in [9.17, 15) is 0 Å². The summed E-state index contributed by atoms with van der Waals surface area (Å²) >= 11 is 6.24.